The van der Waals surface area contributed by atoms with Crippen LogP contribution in [0.15, 0.2) is 24.3 Å². The molecule has 6 heteroatoms. The number of carbonyl (C=O) groups excluding carboxylic acids is 1. The van der Waals surface area contributed by atoms with Crippen LogP contribution in [0, 0.1) is 17.2 Å². The summed E-state index contributed by atoms with van der Waals surface area (Å²) in [6, 6.07) is 9.13. The standard InChI is InChI=1S/C19H28N4O2/c1-22(2)12-9-21-19(25)17-7-10-23(11-8-17)14-18(24)16-5-3-15(13-20)4-6-16/h3-6,17-18,24H,7-12,14H2,1-2H3,(H,21,25). The van der Waals surface area contributed by atoms with Crippen LogP contribution in [0.2, 0.25) is 0 Å². The summed E-state index contributed by atoms with van der Waals surface area (Å²) in [5.41, 5.74) is 1.42. The van der Waals surface area contributed by atoms with Crippen molar-refractivity contribution in [3.05, 3.63) is 35.4 Å². The van der Waals surface area contributed by atoms with E-state index in [9.17, 15) is 9.90 Å². The zero-order valence-electron chi connectivity index (χ0n) is 15.1. The van der Waals surface area contributed by atoms with Crippen molar-refractivity contribution in [3.63, 3.8) is 0 Å². The number of β-amino-alcohol motifs (C(OH)–C–C–N with tert-alkyl or cyclic N) is 1. The van der Waals surface area contributed by atoms with Crippen LogP contribution in [0.1, 0.15) is 30.1 Å². The lowest BCUT2D eigenvalue weighted by atomic mass is 9.95. The molecule has 2 rings (SSSR count). The van der Waals surface area contributed by atoms with E-state index in [1.165, 1.54) is 0 Å². The van der Waals surface area contributed by atoms with Gasteiger partial charge < -0.3 is 20.2 Å². The van der Waals surface area contributed by atoms with Gasteiger partial charge in [0, 0.05) is 25.6 Å². The minimum Gasteiger partial charge on any atom is -0.387 e. The maximum absolute atomic E-state index is 12.2. The number of amides is 1. The number of hydrogen-bond acceptors (Lipinski definition) is 5. The van der Waals surface area contributed by atoms with Gasteiger partial charge in [0.2, 0.25) is 5.91 Å². The number of carbonyl (C=O) groups is 1. The minimum absolute atomic E-state index is 0.0745. The molecule has 2 N–H and O–H groups in total. The van der Waals surface area contributed by atoms with Crippen LogP contribution >= 0.6 is 0 Å². The van der Waals surface area contributed by atoms with Crippen molar-refractivity contribution in [1.29, 1.82) is 5.26 Å². The maximum atomic E-state index is 12.2. The molecule has 0 saturated carbocycles. The number of aliphatic hydroxyl groups excluding tert-OH is 1. The lowest BCUT2D eigenvalue weighted by Crippen LogP contribution is -2.43. The Kier molecular flexibility index (Phi) is 7.38. The fraction of sp³-hybridized carbons (Fsp3) is 0.579. The monoisotopic (exact) mass is 344 g/mol. The van der Waals surface area contributed by atoms with E-state index in [4.69, 9.17) is 5.26 Å². The van der Waals surface area contributed by atoms with Gasteiger partial charge in [0.15, 0.2) is 0 Å². The first-order chi connectivity index (χ1) is 12.0. The maximum Gasteiger partial charge on any atom is 0.223 e. The van der Waals surface area contributed by atoms with Crippen molar-refractivity contribution >= 4 is 5.91 Å². The van der Waals surface area contributed by atoms with Gasteiger partial charge in [0.05, 0.1) is 17.7 Å². The van der Waals surface area contributed by atoms with Gasteiger partial charge in [-0.3, -0.25) is 4.79 Å². The molecule has 1 amide bonds. The van der Waals surface area contributed by atoms with Crippen molar-refractivity contribution in [2.75, 3.05) is 46.8 Å². The molecule has 1 aromatic rings. The van der Waals surface area contributed by atoms with E-state index in [1.54, 1.807) is 24.3 Å². The average Bonchev–Trinajstić information content (AvgIpc) is 2.62. The first-order valence-electron chi connectivity index (χ1n) is 8.82. The minimum atomic E-state index is -0.571. The normalized spacial score (nSPS) is 17.2. The molecule has 0 aromatic heterocycles. The SMILES string of the molecule is CN(C)CCNC(=O)C1CCN(CC(O)c2ccc(C#N)cc2)CC1. The molecule has 1 saturated heterocycles. The molecule has 6 nitrogen and oxygen atoms in total. The van der Waals surface area contributed by atoms with Crippen LogP contribution in [-0.4, -0.2) is 67.6 Å². The quantitative estimate of drug-likeness (QED) is 0.771. The van der Waals surface area contributed by atoms with Crippen LogP contribution in [-0.2, 0) is 4.79 Å². The summed E-state index contributed by atoms with van der Waals surface area (Å²) in [6.07, 6.45) is 1.08. The van der Waals surface area contributed by atoms with Gasteiger partial charge in [-0.25, -0.2) is 0 Å². The van der Waals surface area contributed by atoms with Crippen molar-refractivity contribution in [2.24, 2.45) is 5.92 Å². The van der Waals surface area contributed by atoms with E-state index >= 15 is 0 Å². The Morgan fingerprint density at radius 2 is 2.00 bits per heavy atom. The molecular formula is C19H28N4O2. The predicted octanol–water partition coefficient (Wildman–Crippen LogP) is 0.981. The second-order valence-corrected chi connectivity index (χ2v) is 6.92. The summed E-state index contributed by atoms with van der Waals surface area (Å²) in [4.78, 5) is 16.4. The topological polar surface area (TPSA) is 79.6 Å². The summed E-state index contributed by atoms with van der Waals surface area (Å²) in [5.74, 6) is 0.222. The van der Waals surface area contributed by atoms with E-state index in [-0.39, 0.29) is 11.8 Å². The Labute approximate surface area is 150 Å². The number of hydrogen-bond donors (Lipinski definition) is 2. The number of likely N-dealkylation sites (N-methyl/N-ethyl adjacent to an activating group) is 1. The third-order valence-electron chi connectivity index (χ3n) is 4.67. The van der Waals surface area contributed by atoms with Crippen LogP contribution in [0.25, 0.3) is 0 Å². The smallest absolute Gasteiger partial charge is 0.223 e. The zero-order valence-corrected chi connectivity index (χ0v) is 15.1. The summed E-state index contributed by atoms with van der Waals surface area (Å²) in [5, 5.41) is 22.2. The highest BCUT2D eigenvalue weighted by Gasteiger charge is 2.26. The number of aliphatic hydroxyl groups is 1. The molecule has 1 aliphatic rings. The molecule has 1 aromatic carbocycles. The molecule has 1 unspecified atom stereocenters. The van der Waals surface area contributed by atoms with Crippen molar-refractivity contribution in [1.82, 2.24) is 15.1 Å². The van der Waals surface area contributed by atoms with Crippen LogP contribution in [0.3, 0.4) is 0 Å². The Balaban J connectivity index is 1.74. The van der Waals surface area contributed by atoms with Gasteiger partial charge in [-0.15, -0.1) is 0 Å². The highest BCUT2D eigenvalue weighted by molar-refractivity contribution is 5.78. The third kappa shape index (κ3) is 6.13. The van der Waals surface area contributed by atoms with Gasteiger partial charge in [-0.1, -0.05) is 12.1 Å². The highest BCUT2D eigenvalue weighted by Crippen LogP contribution is 2.21. The first-order valence-corrected chi connectivity index (χ1v) is 8.82. The fourth-order valence-corrected chi connectivity index (χ4v) is 3.05. The lowest BCUT2D eigenvalue weighted by Gasteiger charge is -2.32. The number of nitriles is 1. The average molecular weight is 344 g/mol. The van der Waals surface area contributed by atoms with Gasteiger partial charge in [-0.2, -0.15) is 5.26 Å². The molecule has 0 radical (unpaired) electrons. The van der Waals surface area contributed by atoms with Gasteiger partial charge in [0.1, 0.15) is 0 Å². The van der Waals surface area contributed by atoms with Crippen LogP contribution in [0.4, 0.5) is 0 Å². The predicted molar refractivity (Wildman–Crippen MR) is 96.8 cm³/mol. The number of benzene rings is 1. The van der Waals surface area contributed by atoms with Gasteiger partial charge in [-0.05, 0) is 57.7 Å². The Morgan fingerprint density at radius 1 is 1.36 bits per heavy atom. The van der Waals surface area contributed by atoms with Gasteiger partial charge in [0.25, 0.3) is 0 Å². The van der Waals surface area contributed by atoms with E-state index in [0.717, 1.165) is 38.0 Å². The van der Waals surface area contributed by atoms with E-state index in [1.807, 2.05) is 19.0 Å². The van der Waals surface area contributed by atoms with Crippen molar-refractivity contribution in [3.8, 4) is 6.07 Å². The first kappa shape index (κ1) is 19.4. The lowest BCUT2D eigenvalue weighted by molar-refractivity contribution is -0.126. The molecule has 0 bridgehead atoms. The molecule has 1 atom stereocenters. The zero-order chi connectivity index (χ0) is 18.2. The fourth-order valence-electron chi connectivity index (χ4n) is 3.05. The molecule has 1 fully saturated rings. The molecule has 0 aliphatic carbocycles. The largest absolute Gasteiger partial charge is 0.387 e. The number of rotatable bonds is 7. The summed E-state index contributed by atoms with van der Waals surface area (Å²) in [6.45, 7) is 3.73. The Bertz CT molecular complexity index is 586. The van der Waals surface area contributed by atoms with E-state index in [0.29, 0.717) is 18.7 Å². The second-order valence-electron chi connectivity index (χ2n) is 6.92. The summed E-state index contributed by atoms with van der Waals surface area (Å²) in [7, 11) is 3.98. The Hall–Kier alpha value is -1.94. The molecule has 136 valence electrons. The van der Waals surface area contributed by atoms with Crippen LogP contribution < -0.4 is 5.32 Å². The number of nitrogens with zero attached hydrogens (tertiary/aromatic N) is 3. The second kappa shape index (κ2) is 9.52. The molecule has 1 heterocycles. The van der Waals surface area contributed by atoms with Gasteiger partial charge >= 0.3 is 0 Å². The van der Waals surface area contributed by atoms with Crippen LogP contribution in [0.5, 0.6) is 0 Å². The molecule has 25 heavy (non-hydrogen) atoms. The highest BCUT2D eigenvalue weighted by atomic mass is 16.3. The molecule has 1 aliphatic heterocycles. The number of likely N-dealkylation sites (tertiary alicyclic amines) is 1. The Morgan fingerprint density at radius 3 is 2.56 bits per heavy atom. The van der Waals surface area contributed by atoms with E-state index in [2.05, 4.69) is 16.3 Å². The number of piperidine rings is 1. The van der Waals surface area contributed by atoms with Crippen molar-refractivity contribution < 1.29 is 9.90 Å². The summed E-state index contributed by atoms with van der Waals surface area (Å²) < 4.78 is 0. The molecule has 0 spiro atoms. The van der Waals surface area contributed by atoms with Crippen molar-refractivity contribution in [2.45, 2.75) is 18.9 Å². The summed E-state index contributed by atoms with van der Waals surface area (Å²) >= 11 is 0. The number of nitrogens with one attached hydrogen (secondary N) is 1. The molecular weight excluding hydrogens is 316 g/mol. The third-order valence-corrected chi connectivity index (χ3v) is 4.67. The van der Waals surface area contributed by atoms with E-state index < -0.39 is 6.10 Å².